The molecule has 0 spiro atoms. The first-order valence-corrected chi connectivity index (χ1v) is 10.5. The average molecular weight is 400 g/mol. The number of benzene rings is 2. The van der Waals surface area contributed by atoms with Crippen molar-refractivity contribution < 1.29 is 4.79 Å². The van der Waals surface area contributed by atoms with Crippen LogP contribution in [0, 0.1) is 11.8 Å². The summed E-state index contributed by atoms with van der Waals surface area (Å²) >= 11 is 0. The Labute approximate surface area is 173 Å². The van der Waals surface area contributed by atoms with E-state index in [0.717, 1.165) is 47.8 Å². The fourth-order valence-corrected chi connectivity index (χ4v) is 4.50. The Bertz CT molecular complexity index is 1260. The van der Waals surface area contributed by atoms with Gasteiger partial charge in [0.25, 0.3) is 5.56 Å². The highest BCUT2D eigenvalue weighted by Crippen LogP contribution is 2.31. The Morgan fingerprint density at radius 3 is 2.80 bits per heavy atom. The Morgan fingerprint density at radius 1 is 1.10 bits per heavy atom. The zero-order valence-corrected chi connectivity index (χ0v) is 16.7. The molecule has 1 amide bonds. The first kappa shape index (κ1) is 18.6. The molecule has 1 aliphatic carbocycles. The number of hydrogen-bond acceptors (Lipinski definition) is 3. The van der Waals surface area contributed by atoms with Crippen LogP contribution in [0.2, 0.25) is 0 Å². The van der Waals surface area contributed by atoms with Gasteiger partial charge in [-0.2, -0.15) is 0 Å². The number of fused-ring (bicyclic) bond motifs is 2. The van der Waals surface area contributed by atoms with Crippen molar-refractivity contribution in [2.24, 2.45) is 11.8 Å². The van der Waals surface area contributed by atoms with E-state index in [1.54, 1.807) is 10.9 Å². The molecule has 2 heterocycles. The van der Waals surface area contributed by atoms with Crippen molar-refractivity contribution in [3.63, 3.8) is 0 Å². The first-order valence-electron chi connectivity index (χ1n) is 10.5. The largest absolute Gasteiger partial charge is 0.361 e. The summed E-state index contributed by atoms with van der Waals surface area (Å²) in [4.78, 5) is 33.0. The van der Waals surface area contributed by atoms with Crippen LogP contribution < -0.4 is 10.9 Å². The molecule has 4 aromatic rings. The third-order valence-corrected chi connectivity index (χ3v) is 6.22. The van der Waals surface area contributed by atoms with Gasteiger partial charge in [0.05, 0.1) is 17.2 Å². The molecule has 0 unspecified atom stereocenters. The van der Waals surface area contributed by atoms with Crippen LogP contribution in [-0.4, -0.2) is 20.4 Å². The van der Waals surface area contributed by atoms with E-state index >= 15 is 0 Å². The molecule has 5 rings (SSSR count). The van der Waals surface area contributed by atoms with Crippen LogP contribution in [0.25, 0.3) is 21.8 Å². The lowest BCUT2D eigenvalue weighted by Crippen LogP contribution is -2.30. The van der Waals surface area contributed by atoms with E-state index in [9.17, 15) is 9.59 Å². The van der Waals surface area contributed by atoms with Gasteiger partial charge in [-0.05, 0) is 68.0 Å². The normalized spacial score (nSPS) is 19.2. The van der Waals surface area contributed by atoms with Gasteiger partial charge >= 0.3 is 0 Å². The van der Waals surface area contributed by atoms with Crippen LogP contribution in [-0.2, 0) is 11.3 Å². The summed E-state index contributed by atoms with van der Waals surface area (Å²) in [6, 6.07) is 15.4. The summed E-state index contributed by atoms with van der Waals surface area (Å²) < 4.78 is 1.72. The lowest BCUT2D eigenvalue weighted by Gasteiger charge is -2.28. The molecule has 6 nitrogen and oxygen atoms in total. The second kappa shape index (κ2) is 7.78. The number of aromatic amines is 1. The molecule has 2 N–H and O–H groups in total. The van der Waals surface area contributed by atoms with Gasteiger partial charge in [0.2, 0.25) is 5.91 Å². The summed E-state index contributed by atoms with van der Waals surface area (Å²) in [6.45, 7) is 0.662. The smallest absolute Gasteiger partial charge is 0.261 e. The molecule has 1 fully saturated rings. The molecule has 0 saturated heterocycles. The number of rotatable bonds is 4. The minimum Gasteiger partial charge on any atom is -0.361 e. The van der Waals surface area contributed by atoms with Crippen LogP contribution in [0.1, 0.15) is 25.7 Å². The number of H-pyrrole nitrogens is 1. The van der Waals surface area contributed by atoms with E-state index in [1.807, 2.05) is 54.7 Å². The van der Waals surface area contributed by atoms with Crippen LogP contribution in [0.3, 0.4) is 0 Å². The molecule has 152 valence electrons. The fourth-order valence-electron chi connectivity index (χ4n) is 4.50. The first-order chi connectivity index (χ1) is 14.7. The van der Waals surface area contributed by atoms with Gasteiger partial charge in [-0.3, -0.25) is 14.2 Å². The standard InChI is InChI=1S/C24H24N4O2/c29-23(27-19-9-10-21-18(13-19)11-12-25-21)17-7-5-16(6-8-17)14-28-15-26-22-4-2-1-3-20(22)24(28)30/h1-4,9-13,15-17,25H,5-8,14H2,(H,27,29). The van der Waals surface area contributed by atoms with Crippen molar-refractivity contribution in [2.45, 2.75) is 32.2 Å². The molecule has 0 radical (unpaired) electrons. The second-order valence-corrected chi connectivity index (χ2v) is 8.21. The van der Waals surface area contributed by atoms with Crippen LogP contribution >= 0.6 is 0 Å². The van der Waals surface area contributed by atoms with E-state index in [2.05, 4.69) is 15.3 Å². The van der Waals surface area contributed by atoms with Gasteiger partial charge < -0.3 is 10.3 Å². The topological polar surface area (TPSA) is 79.8 Å². The summed E-state index contributed by atoms with van der Waals surface area (Å²) in [5, 5.41) is 4.82. The molecule has 6 heteroatoms. The summed E-state index contributed by atoms with van der Waals surface area (Å²) in [5.41, 5.74) is 2.65. The quantitative estimate of drug-likeness (QED) is 0.535. The lowest BCUT2D eigenvalue weighted by atomic mass is 9.81. The zero-order valence-electron chi connectivity index (χ0n) is 16.7. The molecular formula is C24H24N4O2. The Morgan fingerprint density at radius 2 is 1.93 bits per heavy atom. The van der Waals surface area contributed by atoms with E-state index in [1.165, 1.54) is 0 Å². The number of anilines is 1. The molecule has 2 aromatic carbocycles. The average Bonchev–Trinajstić information content (AvgIpc) is 3.24. The number of carbonyl (C=O) groups excluding carboxylic acids is 1. The predicted octanol–water partition coefficient (Wildman–Crippen LogP) is 4.32. The molecule has 1 aliphatic rings. The van der Waals surface area contributed by atoms with Crippen LogP contribution in [0.4, 0.5) is 5.69 Å². The van der Waals surface area contributed by atoms with Gasteiger partial charge in [0.15, 0.2) is 0 Å². The maximum absolute atomic E-state index is 12.7. The van der Waals surface area contributed by atoms with Crippen molar-refractivity contribution in [1.29, 1.82) is 0 Å². The number of amides is 1. The maximum Gasteiger partial charge on any atom is 0.261 e. The Hall–Kier alpha value is -3.41. The SMILES string of the molecule is O=C(Nc1ccc2[nH]ccc2c1)C1CCC(Cn2cnc3ccccc3c2=O)CC1. The van der Waals surface area contributed by atoms with E-state index in [4.69, 9.17) is 0 Å². The van der Waals surface area contributed by atoms with E-state index in [0.29, 0.717) is 17.8 Å². The van der Waals surface area contributed by atoms with E-state index < -0.39 is 0 Å². The van der Waals surface area contributed by atoms with Gasteiger partial charge in [-0.1, -0.05) is 12.1 Å². The van der Waals surface area contributed by atoms with Crippen molar-refractivity contribution in [2.75, 3.05) is 5.32 Å². The zero-order chi connectivity index (χ0) is 20.5. The van der Waals surface area contributed by atoms with Crippen LogP contribution in [0.5, 0.6) is 0 Å². The Balaban J connectivity index is 1.20. The summed E-state index contributed by atoms with van der Waals surface area (Å²) in [6.07, 6.45) is 7.12. The number of nitrogens with one attached hydrogen (secondary N) is 2. The van der Waals surface area contributed by atoms with Gasteiger partial charge in [-0.15, -0.1) is 0 Å². The lowest BCUT2D eigenvalue weighted by molar-refractivity contribution is -0.121. The van der Waals surface area contributed by atoms with Gasteiger partial charge in [-0.25, -0.2) is 4.98 Å². The van der Waals surface area contributed by atoms with Gasteiger partial charge in [0, 0.05) is 35.2 Å². The number of hydrogen-bond donors (Lipinski definition) is 2. The van der Waals surface area contributed by atoms with Gasteiger partial charge in [0.1, 0.15) is 0 Å². The minimum atomic E-state index is 0.0145. The van der Waals surface area contributed by atoms with E-state index in [-0.39, 0.29) is 17.4 Å². The number of para-hydroxylation sites is 1. The molecule has 30 heavy (non-hydrogen) atoms. The second-order valence-electron chi connectivity index (χ2n) is 8.21. The molecule has 2 aromatic heterocycles. The Kier molecular flexibility index (Phi) is 4.83. The third kappa shape index (κ3) is 3.61. The number of aromatic nitrogens is 3. The predicted molar refractivity (Wildman–Crippen MR) is 118 cm³/mol. The highest BCUT2D eigenvalue weighted by Gasteiger charge is 2.27. The molecule has 1 saturated carbocycles. The molecular weight excluding hydrogens is 376 g/mol. The van der Waals surface area contributed by atoms with Crippen molar-refractivity contribution in [3.8, 4) is 0 Å². The monoisotopic (exact) mass is 400 g/mol. The highest BCUT2D eigenvalue weighted by atomic mass is 16.2. The maximum atomic E-state index is 12.7. The van der Waals surface area contributed by atoms with Crippen molar-refractivity contribution in [3.05, 3.63) is 71.4 Å². The van der Waals surface area contributed by atoms with Crippen molar-refractivity contribution >= 4 is 33.4 Å². The number of carbonyl (C=O) groups is 1. The summed E-state index contributed by atoms with van der Waals surface area (Å²) in [7, 11) is 0. The molecule has 0 aliphatic heterocycles. The highest BCUT2D eigenvalue weighted by molar-refractivity contribution is 5.95. The third-order valence-electron chi connectivity index (χ3n) is 6.22. The van der Waals surface area contributed by atoms with Crippen molar-refractivity contribution in [1.82, 2.24) is 14.5 Å². The fraction of sp³-hybridized carbons (Fsp3) is 0.292. The number of nitrogens with zero attached hydrogens (tertiary/aromatic N) is 2. The molecule has 0 bridgehead atoms. The van der Waals surface area contributed by atoms with Crippen LogP contribution in [0.15, 0.2) is 65.8 Å². The minimum absolute atomic E-state index is 0.0145. The molecule has 0 atom stereocenters. The summed E-state index contributed by atoms with van der Waals surface area (Å²) in [5.74, 6) is 0.508.